The van der Waals surface area contributed by atoms with E-state index in [2.05, 4.69) is 10.6 Å². The van der Waals surface area contributed by atoms with Crippen molar-refractivity contribution in [3.63, 3.8) is 0 Å². The van der Waals surface area contributed by atoms with Crippen molar-refractivity contribution in [1.82, 2.24) is 5.32 Å². The molecule has 2 aromatic rings. The van der Waals surface area contributed by atoms with Crippen LogP contribution in [0.25, 0.3) is 0 Å². The molecule has 0 aliphatic rings. The van der Waals surface area contributed by atoms with Crippen molar-refractivity contribution in [3.8, 4) is 17.2 Å². The zero-order valence-corrected chi connectivity index (χ0v) is 18.9. The summed E-state index contributed by atoms with van der Waals surface area (Å²) < 4.78 is 16.9. The molecule has 0 atom stereocenters. The summed E-state index contributed by atoms with van der Waals surface area (Å²) in [5, 5.41) is 14.4. The van der Waals surface area contributed by atoms with E-state index < -0.39 is 11.9 Å². The lowest BCUT2D eigenvalue weighted by Gasteiger charge is -2.17. The van der Waals surface area contributed by atoms with Crippen molar-refractivity contribution in [2.24, 2.45) is 0 Å². The number of hydrogen-bond donors (Lipinski definition) is 3. The average molecular weight is 467 g/mol. The largest absolute Gasteiger partial charge is 0.490 e. The molecule has 0 spiro atoms. The third-order valence-corrected chi connectivity index (χ3v) is 4.37. The Morgan fingerprint density at radius 1 is 1.00 bits per heavy atom. The standard InChI is InChI=1S/C21H23ClN2O6S/c1-4-28-16-9-12(10-17(29-5-2)18(16)30-6-3)19(25)24-21(31)23-13-7-8-14(20(26)27)15(22)11-13/h7-11H,4-6H2,1-3H3,(H,26,27)(H2,23,24,25,31). The second-order valence-electron chi connectivity index (χ2n) is 6.01. The second-order valence-corrected chi connectivity index (χ2v) is 6.82. The summed E-state index contributed by atoms with van der Waals surface area (Å²) in [5.41, 5.74) is 0.652. The van der Waals surface area contributed by atoms with Crippen LogP contribution in [-0.2, 0) is 0 Å². The smallest absolute Gasteiger partial charge is 0.337 e. The summed E-state index contributed by atoms with van der Waals surface area (Å²) in [6.45, 7) is 6.65. The lowest BCUT2D eigenvalue weighted by atomic mass is 10.1. The maximum Gasteiger partial charge on any atom is 0.337 e. The number of carboxylic acids is 1. The topological polar surface area (TPSA) is 106 Å². The first kappa shape index (κ1) is 24.2. The highest BCUT2D eigenvalue weighted by Crippen LogP contribution is 2.39. The molecule has 0 aromatic heterocycles. The monoisotopic (exact) mass is 466 g/mol. The van der Waals surface area contributed by atoms with Crippen molar-refractivity contribution >= 4 is 46.5 Å². The molecule has 0 heterocycles. The average Bonchev–Trinajstić information content (AvgIpc) is 2.70. The molecule has 2 rings (SSSR count). The minimum absolute atomic E-state index is 0.00828. The molecule has 1 amide bonds. The van der Waals surface area contributed by atoms with Gasteiger partial charge in [0.25, 0.3) is 5.91 Å². The van der Waals surface area contributed by atoms with E-state index >= 15 is 0 Å². The molecule has 0 bridgehead atoms. The molecular formula is C21H23ClN2O6S. The van der Waals surface area contributed by atoms with Crippen LogP contribution >= 0.6 is 23.8 Å². The lowest BCUT2D eigenvalue weighted by Crippen LogP contribution is -2.34. The maximum absolute atomic E-state index is 12.7. The summed E-state index contributed by atoms with van der Waals surface area (Å²) >= 11 is 11.1. The van der Waals surface area contributed by atoms with E-state index in [0.717, 1.165) is 0 Å². The highest BCUT2D eigenvalue weighted by Gasteiger charge is 2.19. The lowest BCUT2D eigenvalue weighted by molar-refractivity contribution is 0.0697. The first-order chi connectivity index (χ1) is 14.8. The van der Waals surface area contributed by atoms with Crippen molar-refractivity contribution in [2.45, 2.75) is 20.8 Å². The van der Waals surface area contributed by atoms with Crippen molar-refractivity contribution in [1.29, 1.82) is 0 Å². The van der Waals surface area contributed by atoms with Gasteiger partial charge >= 0.3 is 5.97 Å². The fraction of sp³-hybridized carbons (Fsp3) is 0.286. The third kappa shape index (κ3) is 6.47. The number of anilines is 1. The number of aromatic carboxylic acids is 1. The van der Waals surface area contributed by atoms with Gasteiger partial charge in [-0.25, -0.2) is 4.79 Å². The Bertz CT molecular complexity index is 955. The molecule has 2 aromatic carbocycles. The van der Waals surface area contributed by atoms with Crippen LogP contribution in [0.5, 0.6) is 17.2 Å². The van der Waals surface area contributed by atoms with Gasteiger partial charge in [-0.05, 0) is 63.3 Å². The van der Waals surface area contributed by atoms with E-state index in [-0.39, 0.29) is 21.3 Å². The van der Waals surface area contributed by atoms with E-state index in [1.807, 2.05) is 20.8 Å². The van der Waals surface area contributed by atoms with Gasteiger partial charge in [-0.3, -0.25) is 10.1 Å². The van der Waals surface area contributed by atoms with Crippen molar-refractivity contribution in [2.75, 3.05) is 25.1 Å². The number of nitrogens with one attached hydrogen (secondary N) is 2. The molecule has 10 heteroatoms. The Kier molecular flexibility index (Phi) is 8.89. The Balaban J connectivity index is 2.21. The van der Waals surface area contributed by atoms with Crippen LogP contribution in [0.1, 0.15) is 41.5 Å². The van der Waals surface area contributed by atoms with Gasteiger partial charge in [-0.1, -0.05) is 11.6 Å². The van der Waals surface area contributed by atoms with Gasteiger partial charge in [0.05, 0.1) is 30.4 Å². The summed E-state index contributed by atoms with van der Waals surface area (Å²) in [5.74, 6) is -0.434. The number of rotatable bonds is 9. The van der Waals surface area contributed by atoms with Crippen LogP contribution < -0.4 is 24.8 Å². The molecule has 166 valence electrons. The zero-order valence-electron chi connectivity index (χ0n) is 17.3. The molecule has 31 heavy (non-hydrogen) atoms. The Morgan fingerprint density at radius 2 is 1.58 bits per heavy atom. The molecular weight excluding hydrogens is 444 g/mol. The SMILES string of the molecule is CCOc1cc(C(=O)NC(=S)Nc2ccc(C(=O)O)c(Cl)c2)cc(OCC)c1OCC. The summed E-state index contributed by atoms with van der Waals surface area (Å²) in [6.07, 6.45) is 0. The minimum Gasteiger partial charge on any atom is -0.490 e. The van der Waals surface area contributed by atoms with Crippen LogP contribution in [0.2, 0.25) is 5.02 Å². The Hall–Kier alpha value is -3.04. The first-order valence-corrected chi connectivity index (χ1v) is 10.3. The van der Waals surface area contributed by atoms with Gasteiger partial charge in [0.1, 0.15) is 0 Å². The van der Waals surface area contributed by atoms with Gasteiger partial charge < -0.3 is 24.6 Å². The Morgan fingerprint density at radius 3 is 2.06 bits per heavy atom. The molecule has 8 nitrogen and oxygen atoms in total. The predicted molar refractivity (Wildman–Crippen MR) is 122 cm³/mol. The number of carbonyl (C=O) groups is 2. The van der Waals surface area contributed by atoms with E-state index in [0.29, 0.717) is 42.8 Å². The number of hydrogen-bond acceptors (Lipinski definition) is 6. The molecule has 0 unspecified atom stereocenters. The minimum atomic E-state index is -1.14. The van der Waals surface area contributed by atoms with Gasteiger partial charge in [-0.15, -0.1) is 0 Å². The van der Waals surface area contributed by atoms with Crippen LogP contribution in [0.4, 0.5) is 5.69 Å². The van der Waals surface area contributed by atoms with E-state index in [1.165, 1.54) is 18.2 Å². The van der Waals surface area contributed by atoms with Gasteiger partial charge in [0.15, 0.2) is 16.6 Å². The van der Waals surface area contributed by atoms with Crippen LogP contribution in [-0.4, -0.2) is 41.9 Å². The second kappa shape index (κ2) is 11.4. The fourth-order valence-corrected chi connectivity index (χ4v) is 3.10. The number of carbonyl (C=O) groups excluding carboxylic acids is 1. The van der Waals surface area contributed by atoms with E-state index in [4.69, 9.17) is 43.1 Å². The molecule has 0 aliphatic carbocycles. The van der Waals surface area contributed by atoms with Crippen LogP contribution in [0.15, 0.2) is 30.3 Å². The quantitative estimate of drug-likeness (QED) is 0.468. The zero-order chi connectivity index (χ0) is 23.0. The third-order valence-electron chi connectivity index (χ3n) is 3.86. The van der Waals surface area contributed by atoms with E-state index in [1.54, 1.807) is 12.1 Å². The number of benzene rings is 2. The molecule has 0 aliphatic heterocycles. The van der Waals surface area contributed by atoms with Gasteiger partial charge in [-0.2, -0.15) is 0 Å². The molecule has 0 radical (unpaired) electrons. The summed E-state index contributed by atoms with van der Waals surface area (Å²) in [7, 11) is 0. The number of ether oxygens (including phenoxy) is 3. The van der Waals surface area contributed by atoms with Crippen LogP contribution in [0.3, 0.4) is 0 Å². The van der Waals surface area contributed by atoms with Crippen molar-refractivity contribution in [3.05, 3.63) is 46.5 Å². The highest BCUT2D eigenvalue weighted by atomic mass is 35.5. The number of thiocarbonyl (C=S) groups is 1. The molecule has 0 fully saturated rings. The maximum atomic E-state index is 12.7. The van der Waals surface area contributed by atoms with Gasteiger partial charge in [0, 0.05) is 11.3 Å². The molecule has 3 N–H and O–H groups in total. The number of amides is 1. The van der Waals surface area contributed by atoms with Crippen molar-refractivity contribution < 1.29 is 28.9 Å². The first-order valence-electron chi connectivity index (χ1n) is 9.52. The fourth-order valence-electron chi connectivity index (χ4n) is 2.62. The Labute approximate surface area is 190 Å². The number of halogens is 1. The van der Waals surface area contributed by atoms with Crippen LogP contribution in [0, 0.1) is 0 Å². The summed E-state index contributed by atoms with van der Waals surface area (Å²) in [4.78, 5) is 23.8. The molecule has 0 saturated heterocycles. The normalized spacial score (nSPS) is 10.2. The van der Waals surface area contributed by atoms with Gasteiger partial charge in [0.2, 0.25) is 5.75 Å². The highest BCUT2D eigenvalue weighted by molar-refractivity contribution is 7.80. The van der Waals surface area contributed by atoms with E-state index in [9.17, 15) is 9.59 Å². The predicted octanol–water partition coefficient (Wildman–Crippen LogP) is 4.36. The summed E-state index contributed by atoms with van der Waals surface area (Å²) in [6, 6.07) is 7.33. The molecule has 0 saturated carbocycles. The number of carboxylic acid groups (broad SMARTS) is 1.